The van der Waals surface area contributed by atoms with Crippen LogP contribution in [0.3, 0.4) is 0 Å². The van der Waals surface area contributed by atoms with E-state index in [9.17, 15) is 10.1 Å². The van der Waals surface area contributed by atoms with Gasteiger partial charge in [-0.1, -0.05) is 11.8 Å². The fourth-order valence-corrected chi connectivity index (χ4v) is 2.92. The van der Waals surface area contributed by atoms with E-state index in [2.05, 4.69) is 4.98 Å². The van der Waals surface area contributed by atoms with E-state index < -0.39 is 4.92 Å². The van der Waals surface area contributed by atoms with Crippen LogP contribution in [-0.2, 0) is 0 Å². The number of nitro groups is 1. The fourth-order valence-electron chi connectivity index (χ4n) is 2.07. The van der Waals surface area contributed by atoms with Gasteiger partial charge in [0.25, 0.3) is 5.69 Å². The van der Waals surface area contributed by atoms with Gasteiger partial charge in [-0.05, 0) is 30.7 Å². The molecule has 0 saturated heterocycles. The zero-order valence-electron chi connectivity index (χ0n) is 11.9. The zero-order valence-corrected chi connectivity index (χ0v) is 12.8. The maximum Gasteiger partial charge on any atom is 0.287 e. The van der Waals surface area contributed by atoms with E-state index in [0.717, 1.165) is 33.4 Å². The highest BCUT2D eigenvalue weighted by Crippen LogP contribution is 2.37. The van der Waals surface area contributed by atoms with Crippen molar-refractivity contribution in [2.75, 3.05) is 13.2 Å². The maximum absolute atomic E-state index is 10.7. The Morgan fingerprint density at radius 3 is 2.73 bits per heavy atom. The average Bonchev–Trinajstić information content (AvgIpc) is 2.74. The molecule has 6 nitrogen and oxygen atoms in total. The topological polar surface area (TPSA) is 74.5 Å². The van der Waals surface area contributed by atoms with Gasteiger partial charge in [0.2, 0.25) is 0 Å². The molecule has 0 amide bonds. The minimum atomic E-state index is -0.442. The number of benzene rings is 1. The van der Waals surface area contributed by atoms with Crippen LogP contribution in [-0.4, -0.2) is 23.1 Å². The van der Waals surface area contributed by atoms with Gasteiger partial charge in [0, 0.05) is 17.4 Å². The Labute approximate surface area is 131 Å². The van der Waals surface area contributed by atoms with Crippen molar-refractivity contribution in [3.05, 3.63) is 46.1 Å². The van der Waals surface area contributed by atoms with Crippen LogP contribution < -0.4 is 9.47 Å². The van der Waals surface area contributed by atoms with Gasteiger partial charge in [-0.15, -0.1) is 0 Å². The number of pyridine rings is 1. The zero-order chi connectivity index (χ0) is 15.5. The van der Waals surface area contributed by atoms with Crippen LogP contribution in [0.5, 0.6) is 11.5 Å². The van der Waals surface area contributed by atoms with Crippen molar-refractivity contribution < 1.29 is 14.4 Å². The van der Waals surface area contributed by atoms with E-state index in [4.69, 9.17) is 9.47 Å². The van der Waals surface area contributed by atoms with Gasteiger partial charge in [-0.3, -0.25) is 10.1 Å². The van der Waals surface area contributed by atoms with E-state index in [1.54, 1.807) is 0 Å². The van der Waals surface area contributed by atoms with Gasteiger partial charge < -0.3 is 9.47 Å². The van der Waals surface area contributed by atoms with Crippen LogP contribution in [0.1, 0.15) is 12.0 Å². The molecular formula is C15H14N2O4S. The van der Waals surface area contributed by atoms with Crippen molar-refractivity contribution in [3.63, 3.8) is 0 Å². The molecule has 0 spiro atoms. The monoisotopic (exact) mass is 318 g/mol. The van der Waals surface area contributed by atoms with Crippen molar-refractivity contribution in [1.29, 1.82) is 0 Å². The number of nitrogens with zero attached hydrogens (tertiary/aromatic N) is 2. The summed E-state index contributed by atoms with van der Waals surface area (Å²) in [5, 5.41) is 11.5. The summed E-state index contributed by atoms with van der Waals surface area (Å²) in [6, 6.07) is 7.25. The molecule has 0 fully saturated rings. The van der Waals surface area contributed by atoms with Crippen molar-refractivity contribution in [2.24, 2.45) is 0 Å². The third-order valence-corrected chi connectivity index (χ3v) is 4.27. The first-order chi connectivity index (χ1) is 10.6. The third kappa shape index (κ3) is 3.14. The van der Waals surface area contributed by atoms with Gasteiger partial charge in [-0.25, -0.2) is 4.98 Å². The lowest BCUT2D eigenvalue weighted by Gasteiger charge is -2.09. The largest absolute Gasteiger partial charge is 0.490 e. The number of hydrogen-bond acceptors (Lipinski definition) is 6. The minimum absolute atomic E-state index is 0.000474. The Hall–Kier alpha value is -2.28. The molecule has 1 aromatic carbocycles. The molecule has 114 valence electrons. The molecule has 7 heteroatoms. The Morgan fingerprint density at radius 2 is 2.00 bits per heavy atom. The van der Waals surface area contributed by atoms with Crippen molar-refractivity contribution in [3.8, 4) is 11.5 Å². The van der Waals surface area contributed by atoms with E-state index in [1.165, 1.54) is 24.0 Å². The first-order valence-electron chi connectivity index (χ1n) is 6.82. The Balaban J connectivity index is 1.84. The van der Waals surface area contributed by atoms with E-state index in [1.807, 2.05) is 25.1 Å². The SMILES string of the molecule is Cc1cc([N+](=O)[O-])cnc1Sc1ccc2c(c1)OCCCO2. The smallest absolute Gasteiger partial charge is 0.287 e. The lowest BCUT2D eigenvalue weighted by molar-refractivity contribution is -0.385. The summed E-state index contributed by atoms with van der Waals surface area (Å²) >= 11 is 1.44. The number of aromatic nitrogens is 1. The summed E-state index contributed by atoms with van der Waals surface area (Å²) in [7, 11) is 0. The predicted molar refractivity (Wildman–Crippen MR) is 81.8 cm³/mol. The molecule has 2 heterocycles. The third-order valence-electron chi connectivity index (χ3n) is 3.16. The first kappa shape index (κ1) is 14.6. The number of rotatable bonds is 3. The number of fused-ring (bicyclic) bond motifs is 1. The Kier molecular flexibility index (Phi) is 4.15. The van der Waals surface area contributed by atoms with Crippen LogP contribution in [0, 0.1) is 17.0 Å². The number of aryl methyl sites for hydroxylation is 1. The Morgan fingerprint density at radius 1 is 1.23 bits per heavy atom. The van der Waals surface area contributed by atoms with Gasteiger partial charge in [0.1, 0.15) is 11.2 Å². The van der Waals surface area contributed by atoms with E-state index in [0.29, 0.717) is 13.2 Å². The summed E-state index contributed by atoms with van der Waals surface area (Å²) < 4.78 is 11.3. The minimum Gasteiger partial charge on any atom is -0.490 e. The quantitative estimate of drug-likeness (QED) is 0.635. The standard InChI is InChI=1S/C15H14N2O4S/c1-10-7-11(17(18)19)9-16-15(10)22-12-3-4-13-14(8-12)21-6-2-5-20-13/h3-4,7-9H,2,5-6H2,1H3. The first-order valence-corrected chi connectivity index (χ1v) is 7.63. The highest BCUT2D eigenvalue weighted by atomic mass is 32.2. The average molecular weight is 318 g/mol. The maximum atomic E-state index is 10.7. The normalized spacial score (nSPS) is 13.5. The molecule has 0 saturated carbocycles. The summed E-state index contributed by atoms with van der Waals surface area (Å²) in [5.74, 6) is 1.47. The van der Waals surface area contributed by atoms with Crippen LogP contribution in [0.4, 0.5) is 5.69 Å². The fraction of sp³-hybridized carbons (Fsp3) is 0.267. The Bertz CT molecular complexity index is 721. The number of hydrogen-bond donors (Lipinski definition) is 0. The summed E-state index contributed by atoms with van der Waals surface area (Å²) in [5.41, 5.74) is 0.770. The highest BCUT2D eigenvalue weighted by molar-refractivity contribution is 7.99. The molecule has 1 aliphatic rings. The second kappa shape index (κ2) is 6.23. The van der Waals surface area contributed by atoms with E-state index in [-0.39, 0.29) is 5.69 Å². The summed E-state index contributed by atoms with van der Waals surface area (Å²) in [6.45, 7) is 3.10. The van der Waals surface area contributed by atoms with Crippen molar-refractivity contribution >= 4 is 17.4 Å². The molecule has 3 rings (SSSR count). The van der Waals surface area contributed by atoms with Crippen LogP contribution in [0.25, 0.3) is 0 Å². The second-order valence-electron chi connectivity index (χ2n) is 4.83. The summed E-state index contributed by atoms with van der Waals surface area (Å²) in [4.78, 5) is 15.4. The molecule has 0 radical (unpaired) electrons. The second-order valence-corrected chi connectivity index (χ2v) is 5.90. The molecule has 1 aliphatic heterocycles. The summed E-state index contributed by atoms with van der Waals surface area (Å²) in [6.07, 6.45) is 2.14. The van der Waals surface area contributed by atoms with E-state index >= 15 is 0 Å². The van der Waals surface area contributed by atoms with Gasteiger partial charge in [0.15, 0.2) is 11.5 Å². The molecule has 0 aliphatic carbocycles. The molecule has 0 N–H and O–H groups in total. The molecular weight excluding hydrogens is 304 g/mol. The molecule has 1 aromatic heterocycles. The van der Waals surface area contributed by atoms with Gasteiger partial charge in [0.05, 0.1) is 18.1 Å². The van der Waals surface area contributed by atoms with Gasteiger partial charge >= 0.3 is 0 Å². The molecule has 0 atom stereocenters. The van der Waals surface area contributed by atoms with Crippen molar-refractivity contribution in [1.82, 2.24) is 4.98 Å². The van der Waals surface area contributed by atoms with Crippen molar-refractivity contribution in [2.45, 2.75) is 23.3 Å². The molecule has 2 aromatic rings. The van der Waals surface area contributed by atoms with Crippen LogP contribution in [0.15, 0.2) is 40.4 Å². The highest BCUT2D eigenvalue weighted by Gasteiger charge is 2.14. The molecule has 0 bridgehead atoms. The predicted octanol–water partition coefficient (Wildman–Crippen LogP) is 3.61. The molecule has 0 unspecified atom stereocenters. The van der Waals surface area contributed by atoms with Crippen LogP contribution >= 0.6 is 11.8 Å². The van der Waals surface area contributed by atoms with Crippen LogP contribution in [0.2, 0.25) is 0 Å². The lowest BCUT2D eigenvalue weighted by atomic mass is 10.3. The lowest BCUT2D eigenvalue weighted by Crippen LogP contribution is -1.97. The number of ether oxygens (including phenoxy) is 2. The van der Waals surface area contributed by atoms with Gasteiger partial charge in [-0.2, -0.15) is 0 Å². The molecule has 22 heavy (non-hydrogen) atoms.